The molecular weight excluding hydrogens is 298 g/mol. The van der Waals surface area contributed by atoms with Crippen molar-refractivity contribution in [3.63, 3.8) is 0 Å². The lowest BCUT2D eigenvalue weighted by Gasteiger charge is -2.40. The highest BCUT2D eigenvalue weighted by Gasteiger charge is 2.52. The maximum atomic E-state index is 13.0. The van der Waals surface area contributed by atoms with Crippen molar-refractivity contribution in [1.82, 2.24) is 9.97 Å². The minimum absolute atomic E-state index is 0.0231. The molecule has 24 heavy (non-hydrogen) atoms. The van der Waals surface area contributed by atoms with Gasteiger partial charge in [0.05, 0.1) is 0 Å². The summed E-state index contributed by atoms with van der Waals surface area (Å²) in [5, 5.41) is 0. The zero-order chi connectivity index (χ0) is 16.7. The van der Waals surface area contributed by atoms with Gasteiger partial charge in [-0.05, 0) is 36.1 Å². The van der Waals surface area contributed by atoms with Crippen LogP contribution in [0.3, 0.4) is 0 Å². The smallest absolute Gasteiger partial charge is 0.139 e. The van der Waals surface area contributed by atoms with Crippen LogP contribution in [-0.2, 0) is 4.79 Å². The Kier molecular flexibility index (Phi) is 3.63. The van der Waals surface area contributed by atoms with Gasteiger partial charge in [0.25, 0.3) is 0 Å². The second kappa shape index (κ2) is 5.69. The Balaban J connectivity index is 1.75. The molecular formula is C20H23N3O. The number of hydrogen-bond acceptors (Lipinski definition) is 4. The van der Waals surface area contributed by atoms with Crippen molar-refractivity contribution in [1.29, 1.82) is 0 Å². The number of ketones is 1. The van der Waals surface area contributed by atoms with Gasteiger partial charge in [-0.15, -0.1) is 0 Å². The van der Waals surface area contributed by atoms with Crippen LogP contribution in [0.15, 0.2) is 48.8 Å². The van der Waals surface area contributed by atoms with E-state index >= 15 is 0 Å². The Hall–Kier alpha value is -2.23. The standard InChI is InChI=1S/C20H23N3O/c1-20(2)11-16-19(17(24)12-20)14(15-7-3-5-9-21-15)13-23(16)18-8-4-6-10-22-18/h3-10,14,16,19H,11-13H2,1-2H3. The van der Waals surface area contributed by atoms with Crippen molar-refractivity contribution in [3.8, 4) is 0 Å². The van der Waals surface area contributed by atoms with Gasteiger partial charge in [-0.2, -0.15) is 0 Å². The highest BCUT2D eigenvalue weighted by atomic mass is 16.1. The van der Waals surface area contributed by atoms with E-state index in [0.29, 0.717) is 12.2 Å². The van der Waals surface area contributed by atoms with Crippen LogP contribution >= 0.6 is 0 Å². The lowest BCUT2D eigenvalue weighted by atomic mass is 9.67. The number of Topliss-reactive ketones (excluding diaryl/α,β-unsaturated/α-hetero) is 1. The van der Waals surface area contributed by atoms with E-state index in [1.54, 1.807) is 0 Å². The van der Waals surface area contributed by atoms with Crippen LogP contribution in [0.5, 0.6) is 0 Å². The summed E-state index contributed by atoms with van der Waals surface area (Å²) in [6.07, 6.45) is 5.33. The number of hydrogen-bond donors (Lipinski definition) is 0. The number of carbonyl (C=O) groups excluding carboxylic acids is 1. The molecule has 2 aromatic rings. The number of anilines is 1. The molecule has 2 fully saturated rings. The monoisotopic (exact) mass is 321 g/mol. The van der Waals surface area contributed by atoms with E-state index in [0.717, 1.165) is 24.5 Å². The molecule has 1 aliphatic heterocycles. The molecule has 4 nitrogen and oxygen atoms in total. The fraction of sp³-hybridized carbons (Fsp3) is 0.450. The van der Waals surface area contributed by atoms with Crippen molar-refractivity contribution in [2.24, 2.45) is 11.3 Å². The predicted molar refractivity (Wildman–Crippen MR) is 93.9 cm³/mol. The molecule has 1 aliphatic carbocycles. The second-order valence-corrected chi connectivity index (χ2v) is 7.81. The molecule has 124 valence electrons. The fourth-order valence-electron chi connectivity index (χ4n) is 4.49. The quantitative estimate of drug-likeness (QED) is 0.850. The molecule has 3 heterocycles. The number of nitrogens with zero attached hydrogens (tertiary/aromatic N) is 3. The van der Waals surface area contributed by atoms with Crippen LogP contribution in [-0.4, -0.2) is 28.3 Å². The molecule has 0 amide bonds. The second-order valence-electron chi connectivity index (χ2n) is 7.81. The van der Waals surface area contributed by atoms with Crippen molar-refractivity contribution < 1.29 is 4.79 Å². The topological polar surface area (TPSA) is 46.1 Å². The summed E-state index contributed by atoms with van der Waals surface area (Å²) in [4.78, 5) is 24.4. The average Bonchev–Trinajstić information content (AvgIpc) is 2.95. The van der Waals surface area contributed by atoms with Gasteiger partial charge >= 0.3 is 0 Å². The van der Waals surface area contributed by atoms with Crippen LogP contribution in [0.1, 0.15) is 38.3 Å². The molecule has 1 saturated carbocycles. The molecule has 4 heteroatoms. The maximum absolute atomic E-state index is 13.0. The number of aromatic nitrogens is 2. The molecule has 0 N–H and O–H groups in total. The summed E-state index contributed by atoms with van der Waals surface area (Å²) >= 11 is 0. The third kappa shape index (κ3) is 2.60. The highest BCUT2D eigenvalue weighted by Crippen LogP contribution is 2.48. The Morgan fingerprint density at radius 1 is 1.08 bits per heavy atom. The lowest BCUT2D eigenvalue weighted by molar-refractivity contribution is -0.128. The van der Waals surface area contributed by atoms with Gasteiger partial charge in [0.15, 0.2) is 0 Å². The largest absolute Gasteiger partial charge is 0.352 e. The third-order valence-corrected chi connectivity index (χ3v) is 5.44. The minimum Gasteiger partial charge on any atom is -0.352 e. The van der Waals surface area contributed by atoms with E-state index in [-0.39, 0.29) is 23.3 Å². The van der Waals surface area contributed by atoms with Gasteiger partial charge in [-0.25, -0.2) is 4.98 Å². The van der Waals surface area contributed by atoms with Gasteiger partial charge < -0.3 is 4.90 Å². The number of carbonyl (C=O) groups is 1. The Morgan fingerprint density at radius 3 is 2.50 bits per heavy atom. The van der Waals surface area contributed by atoms with E-state index in [9.17, 15) is 4.79 Å². The SMILES string of the molecule is CC1(C)CC(=O)C2C(c3ccccn3)CN(c3ccccn3)C2C1. The Bertz CT molecular complexity index is 729. The van der Waals surface area contributed by atoms with Crippen molar-refractivity contribution in [3.05, 3.63) is 54.5 Å². The summed E-state index contributed by atoms with van der Waals surface area (Å²) < 4.78 is 0. The molecule has 3 unspecified atom stereocenters. The van der Waals surface area contributed by atoms with Crippen molar-refractivity contribution in [2.45, 2.75) is 38.6 Å². The average molecular weight is 321 g/mol. The van der Waals surface area contributed by atoms with E-state index < -0.39 is 0 Å². The first kappa shape index (κ1) is 15.3. The van der Waals surface area contributed by atoms with Crippen LogP contribution in [0.2, 0.25) is 0 Å². The summed E-state index contributed by atoms with van der Waals surface area (Å²) in [5.41, 5.74) is 1.07. The number of rotatable bonds is 2. The molecule has 0 bridgehead atoms. The van der Waals surface area contributed by atoms with E-state index in [4.69, 9.17) is 0 Å². The van der Waals surface area contributed by atoms with E-state index in [1.807, 2.05) is 42.7 Å². The molecule has 0 aromatic carbocycles. The first-order valence-corrected chi connectivity index (χ1v) is 8.66. The molecule has 0 spiro atoms. The zero-order valence-electron chi connectivity index (χ0n) is 14.2. The Morgan fingerprint density at radius 2 is 1.83 bits per heavy atom. The predicted octanol–water partition coefficient (Wildman–Crippen LogP) is 3.45. The molecule has 1 saturated heterocycles. The minimum atomic E-state index is 0.0231. The van der Waals surface area contributed by atoms with Crippen LogP contribution in [0.25, 0.3) is 0 Å². The first-order chi connectivity index (χ1) is 11.6. The van der Waals surface area contributed by atoms with Crippen molar-refractivity contribution >= 4 is 11.6 Å². The third-order valence-electron chi connectivity index (χ3n) is 5.44. The molecule has 3 atom stereocenters. The molecule has 2 aliphatic rings. The first-order valence-electron chi connectivity index (χ1n) is 8.66. The molecule has 0 radical (unpaired) electrons. The summed E-state index contributed by atoms with van der Waals surface area (Å²) in [6.45, 7) is 5.21. The van der Waals surface area contributed by atoms with Crippen LogP contribution < -0.4 is 4.90 Å². The van der Waals surface area contributed by atoms with Gasteiger partial charge in [-0.3, -0.25) is 9.78 Å². The summed E-state index contributed by atoms with van der Waals surface area (Å²) in [7, 11) is 0. The van der Waals surface area contributed by atoms with E-state index in [1.165, 1.54) is 0 Å². The van der Waals surface area contributed by atoms with Crippen LogP contribution in [0.4, 0.5) is 5.82 Å². The normalized spacial score (nSPS) is 28.7. The summed E-state index contributed by atoms with van der Waals surface area (Å²) in [6, 6.07) is 12.2. The van der Waals surface area contributed by atoms with Gasteiger partial charge in [0, 0.05) is 48.9 Å². The van der Waals surface area contributed by atoms with Gasteiger partial charge in [0.1, 0.15) is 11.6 Å². The zero-order valence-corrected chi connectivity index (χ0v) is 14.2. The van der Waals surface area contributed by atoms with Crippen molar-refractivity contribution in [2.75, 3.05) is 11.4 Å². The molecule has 4 rings (SSSR count). The van der Waals surface area contributed by atoms with Crippen LogP contribution in [0, 0.1) is 11.3 Å². The van der Waals surface area contributed by atoms with Gasteiger partial charge in [0.2, 0.25) is 0 Å². The van der Waals surface area contributed by atoms with E-state index in [2.05, 4.69) is 34.8 Å². The lowest BCUT2D eigenvalue weighted by Crippen LogP contribution is -2.45. The number of fused-ring (bicyclic) bond motifs is 1. The fourth-order valence-corrected chi connectivity index (χ4v) is 4.49. The Labute approximate surface area is 142 Å². The summed E-state index contributed by atoms with van der Waals surface area (Å²) in [5.74, 6) is 1.53. The molecule has 2 aromatic heterocycles. The maximum Gasteiger partial charge on any atom is 0.139 e. The highest BCUT2D eigenvalue weighted by molar-refractivity contribution is 5.86. The van der Waals surface area contributed by atoms with Gasteiger partial charge in [-0.1, -0.05) is 26.0 Å². The number of pyridine rings is 2.